The quantitative estimate of drug-likeness (QED) is 0.383. The fourth-order valence-electron chi connectivity index (χ4n) is 3.98. The molecule has 36 heavy (non-hydrogen) atoms. The lowest BCUT2D eigenvalue weighted by molar-refractivity contribution is 0.0935. The van der Waals surface area contributed by atoms with Crippen molar-refractivity contribution in [3.8, 4) is 23.0 Å². The van der Waals surface area contributed by atoms with Gasteiger partial charge in [-0.25, -0.2) is 15.0 Å². The first kappa shape index (κ1) is 22.7. The average Bonchev–Trinajstić information content (AvgIpc) is 3.32. The van der Waals surface area contributed by atoms with Crippen LogP contribution < -0.4 is 11.1 Å². The average molecular weight is 474 g/mol. The number of carbonyl (C=O) groups is 1. The van der Waals surface area contributed by atoms with E-state index in [1.54, 1.807) is 10.9 Å². The van der Waals surface area contributed by atoms with Crippen LogP contribution in [0.15, 0.2) is 79.4 Å². The molecule has 1 amide bonds. The Balaban J connectivity index is 1.59. The molecule has 5 rings (SSSR count). The van der Waals surface area contributed by atoms with Gasteiger partial charge >= 0.3 is 0 Å². The van der Waals surface area contributed by atoms with E-state index in [-0.39, 0.29) is 11.5 Å². The second-order valence-corrected chi connectivity index (χ2v) is 8.30. The van der Waals surface area contributed by atoms with Crippen molar-refractivity contribution in [2.45, 2.75) is 13.0 Å². The van der Waals surface area contributed by atoms with Crippen molar-refractivity contribution in [1.29, 1.82) is 0 Å². The number of nitrogens with two attached hydrogens (primary N) is 1. The van der Waals surface area contributed by atoms with E-state index >= 15 is 0 Å². The van der Waals surface area contributed by atoms with Gasteiger partial charge in [-0.1, -0.05) is 48.2 Å². The molecule has 0 bridgehead atoms. The van der Waals surface area contributed by atoms with Crippen molar-refractivity contribution >= 4 is 22.6 Å². The largest absolute Gasteiger partial charge is 0.382 e. The molecule has 3 N–H and O–H groups in total. The molecule has 0 saturated carbocycles. The van der Waals surface area contributed by atoms with E-state index in [9.17, 15) is 4.79 Å². The molecule has 8 nitrogen and oxygen atoms in total. The molecule has 8 heteroatoms. The lowest BCUT2D eigenvalue weighted by atomic mass is 9.96. The number of amides is 1. The second-order valence-electron chi connectivity index (χ2n) is 8.30. The topological polar surface area (TPSA) is 112 Å². The Hall–Kier alpha value is -5.03. The summed E-state index contributed by atoms with van der Waals surface area (Å²) < 4.78 is 1.72. The normalized spacial score (nSPS) is 11.5. The molecule has 0 aliphatic rings. The van der Waals surface area contributed by atoms with Crippen LogP contribution in [-0.2, 0) is 7.05 Å². The molecule has 0 saturated heterocycles. The van der Waals surface area contributed by atoms with Crippen LogP contribution in [0.4, 0.5) is 5.82 Å². The molecule has 1 atom stereocenters. The van der Waals surface area contributed by atoms with Crippen molar-refractivity contribution in [3.63, 3.8) is 0 Å². The minimum Gasteiger partial charge on any atom is -0.382 e. The van der Waals surface area contributed by atoms with Gasteiger partial charge in [0.05, 0.1) is 29.0 Å². The van der Waals surface area contributed by atoms with Gasteiger partial charge in [0.1, 0.15) is 0 Å². The number of rotatable bonds is 4. The van der Waals surface area contributed by atoms with Gasteiger partial charge in [0, 0.05) is 42.2 Å². The first-order valence-electron chi connectivity index (χ1n) is 11.4. The maximum Gasteiger partial charge on any atom is 0.274 e. The molecule has 176 valence electrons. The Kier molecular flexibility index (Phi) is 6.12. The van der Waals surface area contributed by atoms with Crippen molar-refractivity contribution in [3.05, 3.63) is 102 Å². The van der Waals surface area contributed by atoms with E-state index in [0.29, 0.717) is 0 Å². The van der Waals surface area contributed by atoms with Gasteiger partial charge in [-0.3, -0.25) is 9.48 Å². The minimum absolute atomic E-state index is 0.0776. The SMILES string of the molecule is CC(NC(=O)c1nccnc1N)c1nc2cccc(C#Cc3cnn(C)c3)c2cc1-c1ccccc1. The zero-order valence-electron chi connectivity index (χ0n) is 19.8. The molecule has 5 aromatic rings. The van der Waals surface area contributed by atoms with Gasteiger partial charge < -0.3 is 11.1 Å². The number of hydrogen-bond donors (Lipinski definition) is 2. The molecular weight excluding hydrogens is 450 g/mol. The maximum absolute atomic E-state index is 12.9. The van der Waals surface area contributed by atoms with E-state index in [0.717, 1.165) is 38.9 Å². The molecule has 2 aromatic carbocycles. The summed E-state index contributed by atoms with van der Waals surface area (Å²) in [5, 5.41) is 8.07. The van der Waals surface area contributed by atoms with Crippen LogP contribution in [0.5, 0.6) is 0 Å². The Labute approximate surface area is 208 Å². The molecular formula is C28H23N7O. The minimum atomic E-state index is -0.427. The fourth-order valence-corrected chi connectivity index (χ4v) is 3.98. The molecule has 1 unspecified atom stereocenters. The monoisotopic (exact) mass is 473 g/mol. The first-order chi connectivity index (χ1) is 17.5. The van der Waals surface area contributed by atoms with Crippen LogP contribution >= 0.6 is 0 Å². The van der Waals surface area contributed by atoms with Crippen LogP contribution in [0.2, 0.25) is 0 Å². The van der Waals surface area contributed by atoms with E-state index in [1.165, 1.54) is 12.4 Å². The van der Waals surface area contributed by atoms with E-state index in [2.05, 4.69) is 38.3 Å². The molecule has 0 aliphatic heterocycles. The van der Waals surface area contributed by atoms with E-state index in [1.807, 2.05) is 68.7 Å². The number of aromatic nitrogens is 5. The zero-order chi connectivity index (χ0) is 25.1. The number of fused-ring (bicyclic) bond motifs is 1. The number of anilines is 1. The van der Waals surface area contributed by atoms with Crippen LogP contribution in [0.1, 0.15) is 40.3 Å². The summed E-state index contributed by atoms with van der Waals surface area (Å²) in [5.41, 5.74) is 11.0. The third-order valence-electron chi connectivity index (χ3n) is 5.72. The highest BCUT2D eigenvalue weighted by atomic mass is 16.2. The summed E-state index contributed by atoms with van der Waals surface area (Å²) >= 11 is 0. The standard InChI is InChI=1S/C28H23N7O/c1-18(33-28(36)26-27(29)31-14-13-30-26)25-23(20-7-4-3-5-8-20)15-22-21(9-6-10-24(22)34-25)12-11-19-16-32-35(2)17-19/h3-10,13-18H,1-2H3,(H2,29,31)(H,33,36). The Morgan fingerprint density at radius 1 is 1.06 bits per heavy atom. The van der Waals surface area contributed by atoms with Gasteiger partial charge in [-0.15, -0.1) is 0 Å². The number of aryl methyl sites for hydroxylation is 1. The molecule has 0 radical (unpaired) electrons. The third kappa shape index (κ3) is 4.63. The number of pyridine rings is 1. The van der Waals surface area contributed by atoms with E-state index < -0.39 is 11.9 Å². The number of nitrogen functional groups attached to an aromatic ring is 1. The summed E-state index contributed by atoms with van der Waals surface area (Å²) in [7, 11) is 1.86. The summed E-state index contributed by atoms with van der Waals surface area (Å²) in [4.78, 5) is 25.9. The van der Waals surface area contributed by atoms with Crippen molar-refractivity contribution in [1.82, 2.24) is 30.0 Å². The smallest absolute Gasteiger partial charge is 0.274 e. The van der Waals surface area contributed by atoms with Crippen LogP contribution in [-0.4, -0.2) is 30.6 Å². The summed E-state index contributed by atoms with van der Waals surface area (Å²) in [6, 6.07) is 17.5. The lowest BCUT2D eigenvalue weighted by Crippen LogP contribution is -2.29. The highest BCUT2D eigenvalue weighted by Crippen LogP contribution is 2.31. The number of carbonyl (C=O) groups excluding carboxylic acids is 1. The van der Waals surface area contributed by atoms with Crippen LogP contribution in [0, 0.1) is 11.8 Å². The summed E-state index contributed by atoms with van der Waals surface area (Å²) in [5.74, 6) is 6.11. The fraction of sp³-hybridized carbons (Fsp3) is 0.107. The highest BCUT2D eigenvalue weighted by molar-refractivity contribution is 5.96. The van der Waals surface area contributed by atoms with Crippen LogP contribution in [0.3, 0.4) is 0 Å². The van der Waals surface area contributed by atoms with Gasteiger partial charge in [0.2, 0.25) is 0 Å². The number of nitrogens with zero attached hydrogens (tertiary/aromatic N) is 5. The molecule has 0 aliphatic carbocycles. The Morgan fingerprint density at radius 2 is 1.86 bits per heavy atom. The Bertz CT molecular complexity index is 1630. The van der Waals surface area contributed by atoms with Gasteiger partial charge in [0.25, 0.3) is 5.91 Å². The lowest BCUT2D eigenvalue weighted by Gasteiger charge is -2.19. The predicted octanol–water partition coefficient (Wildman–Crippen LogP) is 3.90. The summed E-state index contributed by atoms with van der Waals surface area (Å²) in [6.45, 7) is 1.89. The van der Waals surface area contributed by atoms with Gasteiger partial charge in [-0.05, 0) is 30.7 Å². The molecule has 0 spiro atoms. The zero-order valence-corrected chi connectivity index (χ0v) is 19.8. The molecule has 0 fully saturated rings. The first-order valence-corrected chi connectivity index (χ1v) is 11.4. The highest BCUT2D eigenvalue weighted by Gasteiger charge is 2.20. The van der Waals surface area contributed by atoms with Crippen molar-refractivity contribution < 1.29 is 4.79 Å². The van der Waals surface area contributed by atoms with Crippen LogP contribution in [0.25, 0.3) is 22.0 Å². The molecule has 3 heterocycles. The predicted molar refractivity (Wildman–Crippen MR) is 139 cm³/mol. The van der Waals surface area contributed by atoms with Crippen molar-refractivity contribution in [2.75, 3.05) is 5.73 Å². The van der Waals surface area contributed by atoms with Gasteiger partial charge in [0.15, 0.2) is 11.5 Å². The second kappa shape index (κ2) is 9.68. The molecule has 3 aromatic heterocycles. The third-order valence-corrected chi connectivity index (χ3v) is 5.72. The van der Waals surface area contributed by atoms with Crippen molar-refractivity contribution in [2.24, 2.45) is 7.05 Å². The van der Waals surface area contributed by atoms with E-state index in [4.69, 9.17) is 10.7 Å². The number of nitrogens with one attached hydrogen (secondary N) is 1. The van der Waals surface area contributed by atoms with Gasteiger partial charge in [-0.2, -0.15) is 5.10 Å². The Morgan fingerprint density at radius 3 is 2.61 bits per heavy atom. The summed E-state index contributed by atoms with van der Waals surface area (Å²) in [6.07, 6.45) is 6.49. The maximum atomic E-state index is 12.9. The number of benzene rings is 2. The number of hydrogen-bond acceptors (Lipinski definition) is 6.